The first-order valence-corrected chi connectivity index (χ1v) is 9.15. The first-order valence-electron chi connectivity index (χ1n) is 8.34. The van der Waals surface area contributed by atoms with Gasteiger partial charge in [-0.05, 0) is 25.0 Å². The highest BCUT2D eigenvalue weighted by atomic mass is 32.1. The van der Waals surface area contributed by atoms with Crippen LogP contribution in [0.15, 0.2) is 36.4 Å². The molecule has 2 aromatic rings. The number of imide groups is 1. The third-order valence-electron chi connectivity index (χ3n) is 3.77. The van der Waals surface area contributed by atoms with Crippen molar-refractivity contribution >= 4 is 29.2 Å². The molecule has 2 rings (SSSR count). The van der Waals surface area contributed by atoms with E-state index in [1.807, 2.05) is 13.0 Å². The Morgan fingerprint density at radius 1 is 1.19 bits per heavy atom. The number of rotatable bonds is 6. The van der Waals surface area contributed by atoms with Crippen molar-refractivity contribution in [3.63, 3.8) is 0 Å². The normalized spacial score (nSPS) is 11.5. The summed E-state index contributed by atoms with van der Waals surface area (Å²) >= 11 is 1.34. The maximum absolute atomic E-state index is 12.6. The lowest BCUT2D eigenvalue weighted by Crippen LogP contribution is -2.41. The SMILES string of the molecule is CCCc1cc(C(=O)O[C@@H](C(=O)NC(=O)NC)c2ccccc2)sc1C. The van der Waals surface area contributed by atoms with Gasteiger partial charge in [0.1, 0.15) is 4.88 Å². The van der Waals surface area contributed by atoms with Crippen molar-refractivity contribution in [2.75, 3.05) is 7.05 Å². The number of carbonyl (C=O) groups is 3. The van der Waals surface area contributed by atoms with E-state index in [1.165, 1.54) is 18.4 Å². The zero-order chi connectivity index (χ0) is 19.1. The quantitative estimate of drug-likeness (QED) is 0.760. The van der Waals surface area contributed by atoms with Crippen molar-refractivity contribution in [1.82, 2.24) is 10.6 Å². The predicted octanol–water partition coefficient (Wildman–Crippen LogP) is 3.36. The Bertz CT molecular complexity index is 786. The monoisotopic (exact) mass is 374 g/mol. The highest BCUT2D eigenvalue weighted by molar-refractivity contribution is 7.14. The maximum atomic E-state index is 12.6. The lowest BCUT2D eigenvalue weighted by molar-refractivity contribution is -0.129. The van der Waals surface area contributed by atoms with Crippen LogP contribution in [0.2, 0.25) is 0 Å². The molecular formula is C19H22N2O4S. The van der Waals surface area contributed by atoms with E-state index in [0.717, 1.165) is 23.3 Å². The largest absolute Gasteiger partial charge is 0.443 e. The molecule has 1 aromatic heterocycles. The van der Waals surface area contributed by atoms with Crippen molar-refractivity contribution in [3.8, 4) is 0 Å². The van der Waals surface area contributed by atoms with Gasteiger partial charge in [-0.15, -0.1) is 11.3 Å². The van der Waals surface area contributed by atoms with Gasteiger partial charge >= 0.3 is 12.0 Å². The molecular weight excluding hydrogens is 352 g/mol. The molecule has 1 atom stereocenters. The lowest BCUT2D eigenvalue weighted by atomic mass is 10.1. The molecule has 7 heteroatoms. The number of aryl methyl sites for hydroxylation is 2. The van der Waals surface area contributed by atoms with E-state index in [9.17, 15) is 14.4 Å². The molecule has 0 aliphatic rings. The Labute approximate surface area is 156 Å². The number of thiophene rings is 1. The minimum atomic E-state index is -1.21. The van der Waals surface area contributed by atoms with Crippen LogP contribution >= 0.6 is 11.3 Å². The first kappa shape index (κ1) is 19.7. The highest BCUT2D eigenvalue weighted by Crippen LogP contribution is 2.26. The number of amides is 3. The number of carbonyl (C=O) groups excluding carboxylic acids is 3. The topological polar surface area (TPSA) is 84.5 Å². The Morgan fingerprint density at radius 2 is 1.88 bits per heavy atom. The fourth-order valence-electron chi connectivity index (χ4n) is 2.44. The molecule has 0 bridgehead atoms. The Hall–Kier alpha value is -2.67. The number of esters is 1. The lowest BCUT2D eigenvalue weighted by Gasteiger charge is -2.17. The van der Waals surface area contributed by atoms with E-state index in [2.05, 4.69) is 17.6 Å². The van der Waals surface area contributed by atoms with Gasteiger partial charge in [-0.1, -0.05) is 43.7 Å². The summed E-state index contributed by atoms with van der Waals surface area (Å²) in [5.41, 5.74) is 1.60. The summed E-state index contributed by atoms with van der Waals surface area (Å²) in [4.78, 5) is 37.9. The molecule has 0 fully saturated rings. The van der Waals surface area contributed by atoms with Crippen molar-refractivity contribution in [2.24, 2.45) is 0 Å². The molecule has 2 N–H and O–H groups in total. The second-order valence-electron chi connectivity index (χ2n) is 5.71. The molecule has 138 valence electrons. The maximum Gasteiger partial charge on any atom is 0.349 e. The number of ether oxygens (including phenoxy) is 1. The summed E-state index contributed by atoms with van der Waals surface area (Å²) in [5, 5.41) is 4.46. The molecule has 6 nitrogen and oxygen atoms in total. The van der Waals surface area contributed by atoms with Crippen LogP contribution in [-0.2, 0) is 16.0 Å². The van der Waals surface area contributed by atoms with Crippen LogP contribution in [0.5, 0.6) is 0 Å². The van der Waals surface area contributed by atoms with Gasteiger partial charge < -0.3 is 10.1 Å². The number of hydrogen-bond acceptors (Lipinski definition) is 5. The summed E-state index contributed by atoms with van der Waals surface area (Å²) < 4.78 is 5.46. The van der Waals surface area contributed by atoms with Gasteiger partial charge in [0, 0.05) is 17.5 Å². The fraction of sp³-hybridized carbons (Fsp3) is 0.316. The van der Waals surface area contributed by atoms with Crippen molar-refractivity contribution < 1.29 is 19.1 Å². The van der Waals surface area contributed by atoms with Crippen LogP contribution < -0.4 is 10.6 Å². The van der Waals surface area contributed by atoms with E-state index >= 15 is 0 Å². The van der Waals surface area contributed by atoms with Crippen LogP contribution in [0.25, 0.3) is 0 Å². The fourth-order valence-corrected chi connectivity index (χ4v) is 3.40. The molecule has 3 amide bonds. The molecule has 0 radical (unpaired) electrons. The zero-order valence-corrected chi connectivity index (χ0v) is 15.8. The minimum Gasteiger partial charge on any atom is -0.443 e. The molecule has 0 saturated heterocycles. The number of nitrogens with one attached hydrogen (secondary N) is 2. The van der Waals surface area contributed by atoms with Gasteiger partial charge in [0.15, 0.2) is 0 Å². The van der Waals surface area contributed by atoms with Crippen molar-refractivity contribution in [2.45, 2.75) is 32.8 Å². The summed E-state index contributed by atoms with van der Waals surface area (Å²) in [6.45, 7) is 4.03. The molecule has 1 heterocycles. The molecule has 0 aliphatic heterocycles. The Balaban J connectivity index is 2.23. The standard InChI is InChI=1S/C19H22N2O4S/c1-4-8-14-11-15(26-12(14)2)18(23)25-16(13-9-6-5-7-10-13)17(22)21-19(24)20-3/h5-7,9-11,16H,4,8H2,1-3H3,(H2,20,21,22,24)/t16-/m1/s1. The van der Waals surface area contributed by atoms with Crippen molar-refractivity contribution in [3.05, 3.63) is 57.3 Å². The van der Waals surface area contributed by atoms with E-state index in [4.69, 9.17) is 4.74 Å². The average molecular weight is 374 g/mol. The average Bonchev–Trinajstić information content (AvgIpc) is 3.01. The summed E-state index contributed by atoms with van der Waals surface area (Å²) in [6.07, 6.45) is 0.653. The first-order chi connectivity index (χ1) is 12.5. The van der Waals surface area contributed by atoms with Gasteiger partial charge in [-0.3, -0.25) is 10.1 Å². The molecule has 26 heavy (non-hydrogen) atoms. The van der Waals surface area contributed by atoms with Crippen LogP contribution in [0.1, 0.15) is 45.1 Å². The Kier molecular flexibility index (Phi) is 6.91. The summed E-state index contributed by atoms with van der Waals surface area (Å²) in [5.74, 6) is -1.28. The second-order valence-corrected chi connectivity index (χ2v) is 6.96. The summed E-state index contributed by atoms with van der Waals surface area (Å²) in [7, 11) is 1.40. The minimum absolute atomic E-state index is 0.444. The van der Waals surface area contributed by atoms with Gasteiger partial charge in [-0.2, -0.15) is 0 Å². The second kappa shape index (κ2) is 9.15. The Morgan fingerprint density at radius 3 is 2.50 bits per heavy atom. The van der Waals surface area contributed by atoms with E-state index in [0.29, 0.717) is 10.4 Å². The third kappa shape index (κ3) is 4.92. The summed E-state index contributed by atoms with van der Waals surface area (Å²) in [6, 6.07) is 9.75. The molecule has 0 aliphatic carbocycles. The predicted molar refractivity (Wildman–Crippen MR) is 100 cm³/mol. The third-order valence-corrected chi connectivity index (χ3v) is 4.84. The number of hydrogen-bond donors (Lipinski definition) is 2. The highest BCUT2D eigenvalue weighted by Gasteiger charge is 2.27. The number of urea groups is 1. The van der Waals surface area contributed by atoms with Crippen LogP contribution in [-0.4, -0.2) is 25.0 Å². The van der Waals surface area contributed by atoms with Crippen LogP contribution in [0.3, 0.4) is 0 Å². The molecule has 0 saturated carbocycles. The van der Waals surface area contributed by atoms with Gasteiger partial charge in [0.25, 0.3) is 5.91 Å². The van der Waals surface area contributed by atoms with E-state index in [1.54, 1.807) is 30.3 Å². The zero-order valence-electron chi connectivity index (χ0n) is 15.0. The van der Waals surface area contributed by atoms with Gasteiger partial charge in [0.05, 0.1) is 0 Å². The van der Waals surface area contributed by atoms with E-state index < -0.39 is 24.0 Å². The van der Waals surface area contributed by atoms with Gasteiger partial charge in [0.2, 0.25) is 6.10 Å². The molecule has 1 aromatic carbocycles. The van der Waals surface area contributed by atoms with Crippen LogP contribution in [0, 0.1) is 6.92 Å². The smallest absolute Gasteiger partial charge is 0.349 e. The molecule has 0 spiro atoms. The van der Waals surface area contributed by atoms with Gasteiger partial charge in [-0.25, -0.2) is 9.59 Å². The molecule has 0 unspecified atom stereocenters. The number of benzene rings is 1. The van der Waals surface area contributed by atoms with Crippen molar-refractivity contribution in [1.29, 1.82) is 0 Å². The van der Waals surface area contributed by atoms with E-state index in [-0.39, 0.29) is 0 Å². The van der Waals surface area contributed by atoms with Crippen LogP contribution in [0.4, 0.5) is 4.79 Å².